The monoisotopic (exact) mass is 449 g/mol. The van der Waals surface area contributed by atoms with E-state index in [0.717, 1.165) is 22.9 Å². The first-order valence-corrected chi connectivity index (χ1v) is 10.6. The maximum atomic E-state index is 13.3. The molecule has 6 nitrogen and oxygen atoms in total. The van der Waals surface area contributed by atoms with Gasteiger partial charge in [0.25, 0.3) is 0 Å². The average Bonchev–Trinajstić information content (AvgIpc) is 2.99. The molecular weight excluding hydrogens is 423 g/mol. The number of piperidine rings is 1. The van der Waals surface area contributed by atoms with Gasteiger partial charge in [0, 0.05) is 12.2 Å². The van der Waals surface area contributed by atoms with Gasteiger partial charge in [-0.2, -0.15) is 13.2 Å². The zero-order chi connectivity index (χ0) is 23.1. The number of nitrogens with zero attached hydrogens (tertiary/aromatic N) is 2. The number of likely N-dealkylation sites (tertiary alicyclic amines) is 1. The fraction of sp³-hybridized carbons (Fsp3) is 0.478. The van der Waals surface area contributed by atoms with Crippen molar-refractivity contribution in [3.8, 4) is 5.75 Å². The molecule has 0 aliphatic carbocycles. The molecule has 1 aromatic carbocycles. The highest BCUT2D eigenvalue weighted by atomic mass is 19.4. The maximum absolute atomic E-state index is 13.3. The fourth-order valence-corrected chi connectivity index (χ4v) is 4.57. The zero-order valence-electron chi connectivity index (χ0n) is 18.0. The lowest BCUT2D eigenvalue weighted by Gasteiger charge is -2.38. The van der Waals surface area contributed by atoms with Crippen molar-refractivity contribution in [1.29, 1.82) is 0 Å². The summed E-state index contributed by atoms with van der Waals surface area (Å²) in [5.74, 6) is 0.0488. The third kappa shape index (κ3) is 4.19. The standard InChI is InChI=1S/C23H26F3N3O3/c1-14-3-4-19-17(11-14)22(21(31)28-19)5-7-29(8-6-22)9-10-32-16-12-18(23(24,25)26)20(15(2)30)27-13-16/h3-4,11-13,15,30H,5-10H2,1-2H3,(H,28,31). The van der Waals surface area contributed by atoms with Crippen LogP contribution in [0.3, 0.4) is 0 Å². The number of benzene rings is 1. The van der Waals surface area contributed by atoms with Crippen molar-refractivity contribution in [1.82, 2.24) is 9.88 Å². The van der Waals surface area contributed by atoms with Crippen LogP contribution in [0.15, 0.2) is 30.5 Å². The quantitative estimate of drug-likeness (QED) is 0.726. The molecule has 0 saturated carbocycles. The molecule has 2 N–H and O–H groups in total. The molecule has 172 valence electrons. The van der Waals surface area contributed by atoms with Gasteiger partial charge in [-0.3, -0.25) is 14.7 Å². The number of halogens is 3. The number of carbonyl (C=O) groups is 1. The SMILES string of the molecule is Cc1ccc2c(c1)C1(CCN(CCOc3cnc(C(C)O)c(C(F)(F)F)c3)CC1)C(=O)N2. The van der Waals surface area contributed by atoms with Crippen LogP contribution in [0.25, 0.3) is 0 Å². The van der Waals surface area contributed by atoms with Crippen LogP contribution in [0.4, 0.5) is 18.9 Å². The van der Waals surface area contributed by atoms with E-state index in [1.165, 1.54) is 13.1 Å². The largest absolute Gasteiger partial charge is 0.491 e. The number of anilines is 1. The lowest BCUT2D eigenvalue weighted by molar-refractivity contribution is -0.139. The lowest BCUT2D eigenvalue weighted by Crippen LogP contribution is -2.47. The molecule has 0 radical (unpaired) electrons. The van der Waals surface area contributed by atoms with E-state index in [-0.39, 0.29) is 18.3 Å². The molecular formula is C23H26F3N3O3. The highest BCUT2D eigenvalue weighted by Gasteiger charge is 2.48. The Morgan fingerprint density at radius 2 is 2.00 bits per heavy atom. The van der Waals surface area contributed by atoms with E-state index in [1.807, 2.05) is 19.1 Å². The normalized spacial score (nSPS) is 19.0. The first kappa shape index (κ1) is 22.5. The molecule has 2 aromatic rings. The minimum Gasteiger partial charge on any atom is -0.491 e. The van der Waals surface area contributed by atoms with Crippen molar-refractivity contribution in [2.24, 2.45) is 0 Å². The predicted octanol–water partition coefficient (Wildman–Crippen LogP) is 3.83. The third-order valence-corrected chi connectivity index (χ3v) is 6.35. The van der Waals surface area contributed by atoms with Gasteiger partial charge in [0.2, 0.25) is 5.91 Å². The van der Waals surface area contributed by atoms with Gasteiger partial charge in [-0.25, -0.2) is 0 Å². The van der Waals surface area contributed by atoms with Crippen molar-refractivity contribution in [3.05, 3.63) is 52.8 Å². The Morgan fingerprint density at radius 1 is 1.28 bits per heavy atom. The molecule has 9 heteroatoms. The number of carbonyl (C=O) groups excluding carboxylic acids is 1. The molecule has 1 atom stereocenters. The number of aliphatic hydroxyl groups excluding tert-OH is 1. The Labute approximate surface area is 184 Å². The van der Waals surface area contributed by atoms with Crippen LogP contribution < -0.4 is 10.1 Å². The van der Waals surface area contributed by atoms with Crippen LogP contribution in [0.1, 0.15) is 48.3 Å². The number of aryl methyl sites for hydroxylation is 1. The van der Waals surface area contributed by atoms with Gasteiger partial charge in [-0.15, -0.1) is 0 Å². The molecule has 4 rings (SSSR count). The van der Waals surface area contributed by atoms with Gasteiger partial charge in [0.1, 0.15) is 12.4 Å². The molecule has 3 heterocycles. The number of pyridine rings is 1. The Bertz CT molecular complexity index is 1020. The van der Waals surface area contributed by atoms with Gasteiger partial charge in [0.05, 0.1) is 29.0 Å². The summed E-state index contributed by atoms with van der Waals surface area (Å²) < 4.78 is 45.3. The van der Waals surface area contributed by atoms with Gasteiger partial charge < -0.3 is 15.2 Å². The van der Waals surface area contributed by atoms with Gasteiger partial charge in [-0.05, 0) is 57.5 Å². The van der Waals surface area contributed by atoms with Crippen molar-refractivity contribution < 1.29 is 27.8 Å². The van der Waals surface area contributed by atoms with E-state index in [4.69, 9.17) is 4.74 Å². The maximum Gasteiger partial charge on any atom is 0.418 e. The van der Waals surface area contributed by atoms with Crippen molar-refractivity contribution >= 4 is 11.6 Å². The number of rotatable bonds is 5. The van der Waals surface area contributed by atoms with Crippen molar-refractivity contribution in [2.75, 3.05) is 31.6 Å². The van der Waals surface area contributed by atoms with E-state index in [1.54, 1.807) is 0 Å². The van der Waals surface area contributed by atoms with E-state index >= 15 is 0 Å². The molecule has 32 heavy (non-hydrogen) atoms. The number of nitrogens with one attached hydrogen (secondary N) is 1. The summed E-state index contributed by atoms with van der Waals surface area (Å²) in [5.41, 5.74) is 1.13. The van der Waals surface area contributed by atoms with Crippen molar-refractivity contribution in [3.63, 3.8) is 0 Å². The summed E-state index contributed by atoms with van der Waals surface area (Å²) in [5, 5.41) is 12.5. The number of alkyl halides is 3. The van der Waals surface area contributed by atoms with Crippen LogP contribution in [0, 0.1) is 6.92 Å². The summed E-state index contributed by atoms with van der Waals surface area (Å²) in [7, 11) is 0. The number of aliphatic hydroxyl groups is 1. The smallest absolute Gasteiger partial charge is 0.418 e. The van der Waals surface area contributed by atoms with E-state index in [0.29, 0.717) is 32.5 Å². The topological polar surface area (TPSA) is 74.7 Å². The molecule has 1 aromatic heterocycles. The number of amides is 1. The van der Waals surface area contributed by atoms with E-state index in [9.17, 15) is 23.1 Å². The average molecular weight is 449 g/mol. The highest BCUT2D eigenvalue weighted by molar-refractivity contribution is 6.06. The Morgan fingerprint density at radius 3 is 2.66 bits per heavy atom. The summed E-state index contributed by atoms with van der Waals surface area (Å²) in [4.78, 5) is 18.6. The molecule has 1 fully saturated rings. The molecule has 2 aliphatic heterocycles. The highest BCUT2D eigenvalue weighted by Crippen LogP contribution is 2.45. The Kier molecular flexibility index (Phi) is 5.89. The Hall–Kier alpha value is -2.65. The summed E-state index contributed by atoms with van der Waals surface area (Å²) in [6, 6.07) is 6.89. The second-order valence-corrected chi connectivity index (χ2v) is 8.55. The number of fused-ring (bicyclic) bond motifs is 2. The number of aromatic nitrogens is 1. The Balaban J connectivity index is 1.36. The second kappa shape index (κ2) is 8.37. The van der Waals surface area contributed by atoms with Gasteiger partial charge in [0.15, 0.2) is 0 Å². The molecule has 1 unspecified atom stereocenters. The predicted molar refractivity (Wildman–Crippen MR) is 113 cm³/mol. The van der Waals surface area contributed by atoms with Crippen LogP contribution in [0.2, 0.25) is 0 Å². The van der Waals surface area contributed by atoms with Crippen LogP contribution in [-0.4, -0.2) is 47.1 Å². The van der Waals surface area contributed by atoms with E-state index in [2.05, 4.69) is 21.3 Å². The molecule has 1 amide bonds. The number of hydrogen-bond donors (Lipinski definition) is 2. The van der Waals surface area contributed by atoms with Gasteiger partial charge in [-0.1, -0.05) is 17.7 Å². The number of ether oxygens (including phenoxy) is 1. The minimum absolute atomic E-state index is 0.00905. The van der Waals surface area contributed by atoms with Crippen molar-refractivity contribution in [2.45, 2.75) is 44.4 Å². The molecule has 1 spiro atoms. The van der Waals surface area contributed by atoms with Crippen LogP contribution in [-0.2, 0) is 16.4 Å². The summed E-state index contributed by atoms with van der Waals surface area (Å²) >= 11 is 0. The third-order valence-electron chi connectivity index (χ3n) is 6.35. The van der Waals surface area contributed by atoms with Crippen LogP contribution >= 0.6 is 0 Å². The first-order valence-electron chi connectivity index (χ1n) is 10.6. The molecule has 0 bridgehead atoms. The summed E-state index contributed by atoms with van der Waals surface area (Å²) in [6.07, 6.45) is -3.40. The fourth-order valence-electron chi connectivity index (χ4n) is 4.57. The number of hydrogen-bond acceptors (Lipinski definition) is 5. The lowest BCUT2D eigenvalue weighted by atomic mass is 9.73. The molecule has 2 aliphatic rings. The minimum atomic E-state index is -4.63. The van der Waals surface area contributed by atoms with Gasteiger partial charge >= 0.3 is 6.18 Å². The second-order valence-electron chi connectivity index (χ2n) is 8.55. The van der Waals surface area contributed by atoms with Crippen LogP contribution in [0.5, 0.6) is 5.75 Å². The summed E-state index contributed by atoms with van der Waals surface area (Å²) in [6.45, 7) is 5.36. The van der Waals surface area contributed by atoms with E-state index < -0.39 is 29.0 Å². The molecule has 1 saturated heterocycles. The first-order chi connectivity index (χ1) is 15.1. The zero-order valence-corrected chi connectivity index (χ0v) is 18.0.